The molecule has 1 aliphatic heterocycles. The number of carbonyl (C=O) groups is 1. The van der Waals surface area contributed by atoms with E-state index in [-0.39, 0.29) is 11.1 Å². The molecule has 0 radical (unpaired) electrons. The lowest BCUT2D eigenvalue weighted by atomic mass is 9.70. The molecule has 0 bridgehead atoms. The Balaban J connectivity index is 2.14. The number of likely N-dealkylation sites (tertiary alicyclic amines) is 1. The van der Waals surface area contributed by atoms with E-state index in [4.69, 9.17) is 5.11 Å². The second kappa shape index (κ2) is 6.35. The van der Waals surface area contributed by atoms with Gasteiger partial charge in [-0.3, -0.25) is 4.90 Å². The Kier molecular flexibility index (Phi) is 5.06. The van der Waals surface area contributed by atoms with Crippen LogP contribution in [0, 0.1) is 5.92 Å². The van der Waals surface area contributed by atoms with Gasteiger partial charge in [0.25, 0.3) is 0 Å². The van der Waals surface area contributed by atoms with Gasteiger partial charge >= 0.3 is 5.97 Å². The number of rotatable bonds is 4. The first-order valence-electron chi connectivity index (χ1n) is 8.84. The summed E-state index contributed by atoms with van der Waals surface area (Å²) in [4.78, 5) is 13.9. The van der Waals surface area contributed by atoms with Crippen molar-refractivity contribution >= 4 is 5.97 Å². The van der Waals surface area contributed by atoms with Crippen molar-refractivity contribution in [3.8, 4) is 0 Å². The van der Waals surface area contributed by atoms with Gasteiger partial charge in [-0.25, -0.2) is 4.79 Å². The van der Waals surface area contributed by atoms with Crippen molar-refractivity contribution in [2.24, 2.45) is 5.92 Å². The van der Waals surface area contributed by atoms with Gasteiger partial charge in [-0.2, -0.15) is 0 Å². The largest absolute Gasteiger partial charge is 0.478 e. The lowest BCUT2D eigenvalue weighted by Crippen LogP contribution is -2.64. The van der Waals surface area contributed by atoms with Gasteiger partial charge < -0.3 is 5.11 Å². The zero-order valence-electron chi connectivity index (χ0n) is 14.8. The van der Waals surface area contributed by atoms with Crippen LogP contribution in [-0.2, 0) is 4.79 Å². The van der Waals surface area contributed by atoms with E-state index >= 15 is 0 Å². The molecular weight excluding hydrogens is 274 g/mol. The molecule has 3 heteroatoms. The maximum atomic E-state index is 11.1. The van der Waals surface area contributed by atoms with Crippen LogP contribution in [0.5, 0.6) is 0 Å². The number of nitrogens with zero attached hydrogens (tertiary/aromatic N) is 1. The van der Waals surface area contributed by atoms with Gasteiger partial charge in [0.1, 0.15) is 0 Å². The van der Waals surface area contributed by atoms with Crippen molar-refractivity contribution in [3.63, 3.8) is 0 Å². The van der Waals surface area contributed by atoms with Gasteiger partial charge in [0.15, 0.2) is 0 Å². The molecule has 2 aliphatic rings. The first kappa shape index (κ1) is 17.5. The molecule has 0 aromatic rings. The highest BCUT2D eigenvalue weighted by Gasteiger charge is 2.48. The molecular formula is C19H33NO2. The number of hydrogen-bond acceptors (Lipinski definition) is 2. The summed E-state index contributed by atoms with van der Waals surface area (Å²) < 4.78 is 0. The van der Waals surface area contributed by atoms with E-state index in [1.165, 1.54) is 32.1 Å². The second-order valence-corrected chi connectivity index (χ2v) is 8.67. The monoisotopic (exact) mass is 307 g/mol. The molecule has 2 fully saturated rings. The lowest BCUT2D eigenvalue weighted by molar-refractivity contribution is -0.133. The Morgan fingerprint density at radius 3 is 2.05 bits per heavy atom. The molecule has 126 valence electrons. The number of carboxylic acids is 1. The third-order valence-electron chi connectivity index (χ3n) is 5.66. The maximum Gasteiger partial charge on any atom is 0.330 e. The molecule has 0 unspecified atom stereocenters. The SMILES string of the molecule is C=C(CC1CC(C)(C)N(C2CCCCC2)C(C)(C)C1)C(=O)O. The first-order valence-corrected chi connectivity index (χ1v) is 8.84. The summed E-state index contributed by atoms with van der Waals surface area (Å²) in [6, 6.07) is 0.697. The highest BCUT2D eigenvalue weighted by Crippen LogP contribution is 2.46. The van der Waals surface area contributed by atoms with E-state index < -0.39 is 5.97 Å². The summed E-state index contributed by atoms with van der Waals surface area (Å²) in [7, 11) is 0. The predicted molar refractivity (Wildman–Crippen MR) is 91.0 cm³/mol. The summed E-state index contributed by atoms with van der Waals surface area (Å²) in [5.41, 5.74) is 0.628. The van der Waals surface area contributed by atoms with Crippen LogP contribution in [0.1, 0.15) is 79.1 Å². The van der Waals surface area contributed by atoms with E-state index in [1.54, 1.807) is 0 Å². The van der Waals surface area contributed by atoms with Crippen molar-refractivity contribution in [1.82, 2.24) is 4.90 Å². The van der Waals surface area contributed by atoms with Crippen LogP contribution in [0.2, 0.25) is 0 Å². The first-order chi connectivity index (χ1) is 10.1. The minimum atomic E-state index is -0.842. The Morgan fingerprint density at radius 2 is 1.59 bits per heavy atom. The van der Waals surface area contributed by atoms with E-state index in [9.17, 15) is 4.79 Å². The van der Waals surface area contributed by atoms with Gasteiger partial charge in [-0.1, -0.05) is 25.8 Å². The van der Waals surface area contributed by atoms with Crippen LogP contribution < -0.4 is 0 Å². The number of piperidine rings is 1. The molecule has 1 aliphatic carbocycles. The van der Waals surface area contributed by atoms with Crippen LogP contribution in [0.4, 0.5) is 0 Å². The summed E-state index contributed by atoms with van der Waals surface area (Å²) in [6.45, 7) is 13.1. The molecule has 0 aromatic heterocycles. The zero-order chi connectivity index (χ0) is 16.5. The summed E-state index contributed by atoms with van der Waals surface area (Å²) >= 11 is 0. The molecule has 1 saturated heterocycles. The predicted octanol–water partition coefficient (Wildman–Crippen LogP) is 4.62. The minimum absolute atomic E-state index is 0.132. The molecule has 2 rings (SSSR count). The van der Waals surface area contributed by atoms with Crippen molar-refractivity contribution in [1.29, 1.82) is 0 Å². The molecule has 1 heterocycles. The molecule has 0 aromatic carbocycles. The molecule has 0 atom stereocenters. The maximum absolute atomic E-state index is 11.1. The molecule has 3 nitrogen and oxygen atoms in total. The third kappa shape index (κ3) is 3.73. The molecule has 0 amide bonds. The lowest BCUT2D eigenvalue weighted by Gasteiger charge is -2.59. The Labute approximate surface area is 135 Å². The molecule has 22 heavy (non-hydrogen) atoms. The van der Waals surface area contributed by atoms with Gasteiger partial charge in [-0.05, 0) is 65.7 Å². The number of aliphatic carboxylic acids is 1. The van der Waals surface area contributed by atoms with Crippen LogP contribution in [0.25, 0.3) is 0 Å². The van der Waals surface area contributed by atoms with Gasteiger partial charge in [-0.15, -0.1) is 0 Å². The fourth-order valence-electron chi connectivity index (χ4n) is 5.41. The summed E-state index contributed by atoms with van der Waals surface area (Å²) in [5, 5.41) is 9.12. The topological polar surface area (TPSA) is 40.5 Å². The average molecular weight is 307 g/mol. The highest BCUT2D eigenvalue weighted by molar-refractivity contribution is 5.85. The number of carboxylic acid groups (broad SMARTS) is 1. The van der Waals surface area contributed by atoms with Gasteiger partial charge in [0.05, 0.1) is 0 Å². The van der Waals surface area contributed by atoms with Crippen LogP contribution in [0.15, 0.2) is 12.2 Å². The van der Waals surface area contributed by atoms with Crippen LogP contribution in [-0.4, -0.2) is 33.1 Å². The smallest absolute Gasteiger partial charge is 0.330 e. The van der Waals surface area contributed by atoms with Crippen LogP contribution in [0.3, 0.4) is 0 Å². The van der Waals surface area contributed by atoms with E-state index in [2.05, 4.69) is 39.2 Å². The van der Waals surface area contributed by atoms with Crippen molar-refractivity contribution in [2.75, 3.05) is 0 Å². The van der Waals surface area contributed by atoms with Gasteiger partial charge in [0.2, 0.25) is 0 Å². The quantitative estimate of drug-likeness (QED) is 0.770. The summed E-state index contributed by atoms with van der Waals surface area (Å²) in [5.74, 6) is -0.418. The minimum Gasteiger partial charge on any atom is -0.478 e. The summed E-state index contributed by atoms with van der Waals surface area (Å²) in [6.07, 6.45) is 9.49. The second-order valence-electron chi connectivity index (χ2n) is 8.67. The zero-order valence-corrected chi connectivity index (χ0v) is 14.8. The van der Waals surface area contributed by atoms with Crippen LogP contribution >= 0.6 is 0 Å². The molecule has 1 N–H and O–H groups in total. The Hall–Kier alpha value is -0.830. The van der Waals surface area contributed by atoms with E-state index in [1.807, 2.05) is 0 Å². The van der Waals surface area contributed by atoms with E-state index in [0.29, 0.717) is 24.0 Å². The van der Waals surface area contributed by atoms with Crippen molar-refractivity contribution < 1.29 is 9.90 Å². The Morgan fingerprint density at radius 1 is 1.09 bits per heavy atom. The van der Waals surface area contributed by atoms with Gasteiger partial charge in [0, 0.05) is 22.7 Å². The average Bonchev–Trinajstić information content (AvgIpc) is 2.36. The van der Waals surface area contributed by atoms with Crippen molar-refractivity contribution in [2.45, 2.75) is 96.2 Å². The number of hydrogen-bond donors (Lipinski definition) is 1. The van der Waals surface area contributed by atoms with Crippen molar-refractivity contribution in [3.05, 3.63) is 12.2 Å². The Bertz CT molecular complexity index is 415. The fourth-order valence-corrected chi connectivity index (χ4v) is 5.41. The molecule has 1 saturated carbocycles. The highest BCUT2D eigenvalue weighted by atomic mass is 16.4. The van der Waals surface area contributed by atoms with E-state index in [0.717, 1.165) is 12.8 Å². The normalized spacial score (nSPS) is 26.7. The fraction of sp³-hybridized carbons (Fsp3) is 0.842. The molecule has 0 spiro atoms. The standard InChI is InChI=1S/C19H33NO2/c1-14(17(21)22)11-15-12-18(2,3)20(19(4,5)13-15)16-9-7-6-8-10-16/h15-16H,1,6-13H2,2-5H3,(H,21,22). The third-order valence-corrected chi connectivity index (χ3v) is 5.66.